The van der Waals surface area contributed by atoms with Gasteiger partial charge in [-0.25, -0.2) is 4.79 Å². The number of anilines is 1. The molecule has 0 spiro atoms. The number of pyridine rings is 1. The number of benzene rings is 2. The highest BCUT2D eigenvalue weighted by atomic mass is 16.5. The van der Waals surface area contributed by atoms with E-state index in [0.717, 1.165) is 39.0 Å². The van der Waals surface area contributed by atoms with E-state index in [9.17, 15) is 4.79 Å². The molecule has 5 heteroatoms. The van der Waals surface area contributed by atoms with Crippen LogP contribution in [-0.4, -0.2) is 16.6 Å². The lowest BCUT2D eigenvalue weighted by molar-refractivity contribution is 0.0682. The average Bonchev–Trinajstić information content (AvgIpc) is 2.62. The van der Waals surface area contributed by atoms with E-state index in [1.165, 1.54) is 0 Å². The highest BCUT2D eigenvalue weighted by Gasteiger charge is 2.34. The molecule has 1 aliphatic heterocycles. The van der Waals surface area contributed by atoms with Gasteiger partial charge in [0, 0.05) is 34.6 Å². The Labute approximate surface area is 165 Å². The maximum atomic E-state index is 12.8. The molecule has 4 rings (SSSR count). The number of rotatable bonds is 2. The fourth-order valence-corrected chi connectivity index (χ4v) is 3.88. The summed E-state index contributed by atoms with van der Waals surface area (Å²) in [6.45, 7) is 8.10. The summed E-state index contributed by atoms with van der Waals surface area (Å²) in [5.41, 5.74) is 3.54. The molecule has 2 heterocycles. The number of nitrogens with zero attached hydrogens (tertiary/aromatic N) is 1. The Hall–Kier alpha value is -3.08. The maximum Gasteiger partial charge on any atom is 0.319 e. The van der Waals surface area contributed by atoms with E-state index in [1.807, 2.05) is 64.1 Å². The molecule has 0 aliphatic carbocycles. The lowest BCUT2D eigenvalue weighted by Crippen LogP contribution is -2.42. The fourth-order valence-electron chi connectivity index (χ4n) is 3.88. The summed E-state index contributed by atoms with van der Waals surface area (Å²) < 4.78 is 6.10. The van der Waals surface area contributed by atoms with Crippen molar-refractivity contribution in [1.82, 2.24) is 10.3 Å². The first-order valence-corrected chi connectivity index (χ1v) is 9.54. The molecule has 0 bridgehead atoms. The van der Waals surface area contributed by atoms with Crippen molar-refractivity contribution in [2.45, 2.75) is 45.8 Å². The first-order chi connectivity index (χ1) is 13.3. The number of aromatic nitrogens is 1. The zero-order chi connectivity index (χ0) is 19.9. The molecule has 2 N–H and O–H groups in total. The van der Waals surface area contributed by atoms with Gasteiger partial charge in [0.05, 0.1) is 11.7 Å². The molecule has 0 saturated heterocycles. The van der Waals surface area contributed by atoms with E-state index in [-0.39, 0.29) is 17.7 Å². The van der Waals surface area contributed by atoms with Crippen molar-refractivity contribution >= 4 is 22.5 Å². The van der Waals surface area contributed by atoms with Crippen LogP contribution in [0, 0.1) is 13.8 Å². The minimum absolute atomic E-state index is 0.114. The van der Waals surface area contributed by atoms with E-state index in [0.29, 0.717) is 6.42 Å². The molecule has 1 atom stereocenters. The first-order valence-electron chi connectivity index (χ1n) is 9.54. The van der Waals surface area contributed by atoms with Gasteiger partial charge in [-0.05, 0) is 45.9 Å². The molecule has 0 saturated carbocycles. The standard InChI is InChI=1S/C23H25N3O2/c1-14-8-9-21-18(12-14)20(13-23(3,4)28-21)26-22(27)25-19-7-5-6-16-15(2)24-11-10-17(16)19/h5-12,20H,13H2,1-4H3,(H2,25,26,27). The summed E-state index contributed by atoms with van der Waals surface area (Å²) in [5.74, 6) is 0.832. The number of ether oxygens (including phenoxy) is 1. The van der Waals surface area contributed by atoms with E-state index >= 15 is 0 Å². The van der Waals surface area contributed by atoms with E-state index in [4.69, 9.17) is 4.74 Å². The maximum absolute atomic E-state index is 12.8. The molecule has 144 valence electrons. The molecule has 2 amide bonds. The number of aryl methyl sites for hydroxylation is 2. The topological polar surface area (TPSA) is 63.2 Å². The SMILES string of the molecule is Cc1ccc2c(c1)C(NC(=O)Nc1cccc3c(C)nccc13)CC(C)(C)O2. The van der Waals surface area contributed by atoms with Crippen molar-refractivity contribution in [3.8, 4) is 5.75 Å². The first kappa shape index (κ1) is 18.3. The second-order valence-electron chi connectivity index (χ2n) is 8.06. The summed E-state index contributed by atoms with van der Waals surface area (Å²) >= 11 is 0. The number of carbonyl (C=O) groups is 1. The van der Waals surface area contributed by atoms with Crippen LogP contribution < -0.4 is 15.4 Å². The van der Waals surface area contributed by atoms with Crippen LogP contribution in [0.25, 0.3) is 10.8 Å². The van der Waals surface area contributed by atoms with Gasteiger partial charge in [-0.2, -0.15) is 0 Å². The third kappa shape index (κ3) is 3.52. The number of carbonyl (C=O) groups excluding carboxylic acids is 1. The second-order valence-corrected chi connectivity index (χ2v) is 8.06. The normalized spacial score (nSPS) is 17.5. The summed E-state index contributed by atoms with van der Waals surface area (Å²) in [5, 5.41) is 8.17. The molecule has 1 aliphatic rings. The van der Waals surface area contributed by atoms with Crippen molar-refractivity contribution in [2.24, 2.45) is 0 Å². The molecule has 3 aromatic rings. The highest BCUT2D eigenvalue weighted by Crippen LogP contribution is 2.40. The number of nitrogens with one attached hydrogen (secondary N) is 2. The summed E-state index contributed by atoms with van der Waals surface area (Å²) in [4.78, 5) is 17.2. The van der Waals surface area contributed by atoms with E-state index in [1.54, 1.807) is 6.20 Å². The third-order valence-electron chi connectivity index (χ3n) is 5.18. The molecular formula is C23H25N3O2. The monoisotopic (exact) mass is 375 g/mol. The van der Waals surface area contributed by atoms with Crippen molar-refractivity contribution in [1.29, 1.82) is 0 Å². The van der Waals surface area contributed by atoms with Gasteiger partial charge in [0.2, 0.25) is 0 Å². The predicted octanol–water partition coefficient (Wildman–Crippen LogP) is 5.28. The van der Waals surface area contributed by atoms with Crippen molar-refractivity contribution in [3.05, 3.63) is 65.5 Å². The Morgan fingerprint density at radius 2 is 1.96 bits per heavy atom. The molecule has 1 unspecified atom stereocenters. The Morgan fingerprint density at radius 1 is 1.14 bits per heavy atom. The summed E-state index contributed by atoms with van der Waals surface area (Å²) in [6.07, 6.45) is 2.47. The van der Waals surface area contributed by atoms with Crippen LogP contribution in [0.4, 0.5) is 10.5 Å². The summed E-state index contributed by atoms with van der Waals surface area (Å²) in [6, 6.07) is 13.5. The van der Waals surface area contributed by atoms with Crippen LogP contribution in [0.5, 0.6) is 5.75 Å². The quantitative estimate of drug-likeness (QED) is 0.641. The van der Waals surface area contributed by atoms with Gasteiger partial charge in [-0.15, -0.1) is 0 Å². The van der Waals surface area contributed by atoms with Gasteiger partial charge >= 0.3 is 6.03 Å². The minimum atomic E-state index is -0.345. The van der Waals surface area contributed by atoms with Crippen LogP contribution in [0.1, 0.15) is 43.1 Å². The van der Waals surface area contributed by atoms with Crippen LogP contribution in [-0.2, 0) is 0 Å². The number of hydrogen-bond acceptors (Lipinski definition) is 3. The van der Waals surface area contributed by atoms with Crippen molar-refractivity contribution in [3.63, 3.8) is 0 Å². The Bertz CT molecular complexity index is 1060. The zero-order valence-electron chi connectivity index (χ0n) is 16.7. The lowest BCUT2D eigenvalue weighted by Gasteiger charge is -2.38. The number of hydrogen-bond donors (Lipinski definition) is 2. The van der Waals surface area contributed by atoms with Gasteiger partial charge in [-0.1, -0.05) is 29.8 Å². The zero-order valence-corrected chi connectivity index (χ0v) is 16.7. The molecular weight excluding hydrogens is 350 g/mol. The third-order valence-corrected chi connectivity index (χ3v) is 5.18. The van der Waals surface area contributed by atoms with E-state index in [2.05, 4.69) is 21.7 Å². The molecule has 2 aromatic carbocycles. The van der Waals surface area contributed by atoms with E-state index < -0.39 is 0 Å². The molecule has 0 fully saturated rings. The molecule has 5 nitrogen and oxygen atoms in total. The van der Waals surface area contributed by atoms with Crippen molar-refractivity contribution < 1.29 is 9.53 Å². The lowest BCUT2D eigenvalue weighted by atomic mass is 9.89. The van der Waals surface area contributed by atoms with Gasteiger partial charge in [0.1, 0.15) is 11.4 Å². The smallest absolute Gasteiger partial charge is 0.319 e. The van der Waals surface area contributed by atoms with Gasteiger partial charge in [0.25, 0.3) is 0 Å². The van der Waals surface area contributed by atoms with Crippen molar-refractivity contribution in [2.75, 3.05) is 5.32 Å². The fraction of sp³-hybridized carbons (Fsp3) is 0.304. The highest BCUT2D eigenvalue weighted by molar-refractivity contribution is 6.02. The Kier molecular flexibility index (Phi) is 4.46. The van der Waals surface area contributed by atoms with Gasteiger partial charge in [0.15, 0.2) is 0 Å². The number of amides is 2. The summed E-state index contributed by atoms with van der Waals surface area (Å²) in [7, 11) is 0. The molecule has 0 radical (unpaired) electrons. The van der Waals surface area contributed by atoms with Crippen LogP contribution in [0.2, 0.25) is 0 Å². The van der Waals surface area contributed by atoms with Crippen LogP contribution in [0.3, 0.4) is 0 Å². The Balaban J connectivity index is 1.60. The Morgan fingerprint density at radius 3 is 2.79 bits per heavy atom. The van der Waals surface area contributed by atoms with Gasteiger partial charge in [-0.3, -0.25) is 4.98 Å². The largest absolute Gasteiger partial charge is 0.487 e. The molecule has 1 aromatic heterocycles. The average molecular weight is 375 g/mol. The van der Waals surface area contributed by atoms with Gasteiger partial charge < -0.3 is 15.4 Å². The molecule has 28 heavy (non-hydrogen) atoms. The predicted molar refractivity (Wildman–Crippen MR) is 112 cm³/mol. The van der Waals surface area contributed by atoms with Crippen LogP contribution in [0.15, 0.2) is 48.7 Å². The number of urea groups is 1. The second kappa shape index (κ2) is 6.82. The number of fused-ring (bicyclic) bond motifs is 2. The minimum Gasteiger partial charge on any atom is -0.487 e. The van der Waals surface area contributed by atoms with Crippen LogP contribution >= 0.6 is 0 Å².